The first-order valence-electron chi connectivity index (χ1n) is 7.63. The van der Waals surface area contributed by atoms with Crippen LogP contribution in [0.5, 0.6) is 11.5 Å². The van der Waals surface area contributed by atoms with Gasteiger partial charge in [-0.1, -0.05) is 23.7 Å². The Morgan fingerprint density at radius 3 is 2.60 bits per heavy atom. The molecule has 2 rings (SSSR count). The summed E-state index contributed by atoms with van der Waals surface area (Å²) in [5.74, 6) is 0.884. The highest BCUT2D eigenvalue weighted by atomic mass is 127. The number of methoxy groups -OCH3 is 1. The van der Waals surface area contributed by atoms with Crippen molar-refractivity contribution in [2.45, 2.75) is 13.5 Å². The molecule has 0 bridgehead atoms. The van der Waals surface area contributed by atoms with Crippen molar-refractivity contribution in [2.75, 3.05) is 13.7 Å². The van der Waals surface area contributed by atoms with Crippen molar-refractivity contribution in [1.82, 2.24) is 0 Å². The van der Waals surface area contributed by atoms with E-state index in [9.17, 15) is 4.79 Å². The number of halogens is 2. The number of carbonyl (C=O) groups is 1. The third kappa shape index (κ3) is 5.93. The van der Waals surface area contributed by atoms with Gasteiger partial charge in [-0.05, 0) is 71.0 Å². The van der Waals surface area contributed by atoms with Crippen LogP contribution in [-0.2, 0) is 16.1 Å². The van der Waals surface area contributed by atoms with Crippen molar-refractivity contribution >= 4 is 46.2 Å². The molecule has 0 N–H and O–H groups in total. The molecule has 0 saturated carbocycles. The van der Waals surface area contributed by atoms with Crippen LogP contribution in [0.3, 0.4) is 0 Å². The van der Waals surface area contributed by atoms with Crippen LogP contribution in [0.2, 0.25) is 5.02 Å². The quantitative estimate of drug-likeness (QED) is 0.319. The fraction of sp³-hybridized carbons (Fsp3) is 0.211. The van der Waals surface area contributed by atoms with E-state index in [-0.39, 0.29) is 5.97 Å². The van der Waals surface area contributed by atoms with Gasteiger partial charge in [0.1, 0.15) is 6.61 Å². The summed E-state index contributed by atoms with van der Waals surface area (Å²) >= 11 is 8.07. The van der Waals surface area contributed by atoms with Crippen LogP contribution in [0.25, 0.3) is 6.08 Å². The van der Waals surface area contributed by atoms with E-state index in [0.717, 1.165) is 14.7 Å². The average Bonchev–Trinajstić information content (AvgIpc) is 2.60. The average molecular weight is 473 g/mol. The molecule has 0 heterocycles. The van der Waals surface area contributed by atoms with Gasteiger partial charge in [0.15, 0.2) is 11.5 Å². The topological polar surface area (TPSA) is 44.8 Å². The maximum atomic E-state index is 11.4. The Balaban J connectivity index is 2.15. The van der Waals surface area contributed by atoms with Gasteiger partial charge >= 0.3 is 5.97 Å². The SMILES string of the molecule is CCOC(=O)/C=C/c1cc(I)c(OCc2ccc(Cl)cc2)c(OC)c1. The highest BCUT2D eigenvalue weighted by Crippen LogP contribution is 2.35. The second-order valence-electron chi connectivity index (χ2n) is 5.03. The lowest BCUT2D eigenvalue weighted by atomic mass is 10.2. The summed E-state index contributed by atoms with van der Waals surface area (Å²) < 4.78 is 17.1. The van der Waals surface area contributed by atoms with E-state index in [1.54, 1.807) is 20.1 Å². The summed E-state index contributed by atoms with van der Waals surface area (Å²) in [6, 6.07) is 11.2. The Morgan fingerprint density at radius 1 is 1.24 bits per heavy atom. The van der Waals surface area contributed by atoms with Gasteiger partial charge in [0, 0.05) is 11.1 Å². The lowest BCUT2D eigenvalue weighted by Crippen LogP contribution is -2.01. The first-order valence-corrected chi connectivity index (χ1v) is 9.08. The zero-order valence-corrected chi connectivity index (χ0v) is 16.8. The molecular weight excluding hydrogens is 455 g/mol. The van der Waals surface area contributed by atoms with Crippen LogP contribution < -0.4 is 9.47 Å². The molecular formula is C19H18ClIO4. The van der Waals surface area contributed by atoms with Gasteiger partial charge in [0.2, 0.25) is 0 Å². The summed E-state index contributed by atoms with van der Waals surface area (Å²) in [6.07, 6.45) is 3.08. The summed E-state index contributed by atoms with van der Waals surface area (Å²) in [5, 5.41) is 0.689. The molecule has 4 nitrogen and oxygen atoms in total. The van der Waals surface area contributed by atoms with Crippen molar-refractivity contribution in [3.8, 4) is 11.5 Å². The smallest absolute Gasteiger partial charge is 0.330 e. The van der Waals surface area contributed by atoms with Gasteiger partial charge in [-0.15, -0.1) is 0 Å². The van der Waals surface area contributed by atoms with Gasteiger partial charge < -0.3 is 14.2 Å². The highest BCUT2D eigenvalue weighted by molar-refractivity contribution is 14.1. The van der Waals surface area contributed by atoms with Crippen LogP contribution in [0.1, 0.15) is 18.1 Å². The monoisotopic (exact) mass is 472 g/mol. The number of hydrogen-bond donors (Lipinski definition) is 0. The molecule has 6 heteroatoms. The molecule has 25 heavy (non-hydrogen) atoms. The second-order valence-corrected chi connectivity index (χ2v) is 6.63. The minimum absolute atomic E-state index is 0.349. The molecule has 0 aromatic heterocycles. The molecule has 2 aromatic rings. The number of ether oxygens (including phenoxy) is 3. The predicted molar refractivity (Wildman–Crippen MR) is 107 cm³/mol. The molecule has 0 amide bonds. The largest absolute Gasteiger partial charge is 0.493 e. The van der Waals surface area contributed by atoms with Crippen molar-refractivity contribution in [1.29, 1.82) is 0 Å². The standard InChI is InChI=1S/C19H18ClIO4/c1-3-24-18(22)9-6-14-10-16(21)19(17(11-14)23-2)25-12-13-4-7-15(20)8-5-13/h4-11H,3,12H2,1-2H3/b9-6+. The Morgan fingerprint density at radius 2 is 1.96 bits per heavy atom. The van der Waals surface area contributed by atoms with Crippen LogP contribution in [0.4, 0.5) is 0 Å². The zero-order chi connectivity index (χ0) is 18.2. The number of rotatable bonds is 7. The van der Waals surface area contributed by atoms with Gasteiger partial charge in [-0.2, -0.15) is 0 Å². The second kappa shape index (κ2) is 9.68. The Kier molecular flexibility index (Phi) is 7.58. The Labute approximate surface area is 165 Å². The van der Waals surface area contributed by atoms with E-state index in [0.29, 0.717) is 29.7 Å². The van der Waals surface area contributed by atoms with Crippen LogP contribution in [0, 0.1) is 3.57 Å². The summed E-state index contributed by atoms with van der Waals surface area (Å²) in [7, 11) is 1.58. The van der Waals surface area contributed by atoms with Crippen molar-refractivity contribution in [2.24, 2.45) is 0 Å². The third-order valence-electron chi connectivity index (χ3n) is 3.25. The van der Waals surface area contributed by atoms with E-state index in [1.165, 1.54) is 6.08 Å². The number of benzene rings is 2. The number of carbonyl (C=O) groups excluding carboxylic acids is 1. The van der Waals surface area contributed by atoms with Crippen molar-refractivity contribution < 1.29 is 19.0 Å². The molecule has 0 atom stereocenters. The minimum atomic E-state index is -0.375. The number of hydrogen-bond acceptors (Lipinski definition) is 4. The van der Waals surface area contributed by atoms with Gasteiger partial charge in [0.05, 0.1) is 17.3 Å². The molecule has 2 aromatic carbocycles. The molecule has 0 aliphatic rings. The third-order valence-corrected chi connectivity index (χ3v) is 4.30. The molecule has 0 saturated heterocycles. The Hall–Kier alpha value is -1.73. The van der Waals surface area contributed by atoms with E-state index >= 15 is 0 Å². The normalized spacial score (nSPS) is 10.7. The van der Waals surface area contributed by atoms with Crippen LogP contribution in [-0.4, -0.2) is 19.7 Å². The highest BCUT2D eigenvalue weighted by Gasteiger charge is 2.11. The molecule has 0 radical (unpaired) electrons. The molecule has 0 unspecified atom stereocenters. The predicted octanol–water partition coefficient (Wildman–Crippen LogP) is 5.11. The van der Waals surface area contributed by atoms with Gasteiger partial charge in [0.25, 0.3) is 0 Å². The van der Waals surface area contributed by atoms with Crippen LogP contribution in [0.15, 0.2) is 42.5 Å². The fourth-order valence-electron chi connectivity index (χ4n) is 2.07. The van der Waals surface area contributed by atoms with E-state index < -0.39 is 0 Å². The van der Waals surface area contributed by atoms with Gasteiger partial charge in [-0.25, -0.2) is 4.79 Å². The van der Waals surface area contributed by atoms with E-state index in [1.807, 2.05) is 36.4 Å². The van der Waals surface area contributed by atoms with Crippen molar-refractivity contribution in [3.63, 3.8) is 0 Å². The summed E-state index contributed by atoms with van der Waals surface area (Å²) in [4.78, 5) is 11.4. The molecule has 0 spiro atoms. The first kappa shape index (κ1) is 19.6. The minimum Gasteiger partial charge on any atom is -0.493 e. The molecule has 0 fully saturated rings. The number of esters is 1. The Bertz CT molecular complexity index is 757. The molecule has 132 valence electrons. The van der Waals surface area contributed by atoms with Gasteiger partial charge in [-0.3, -0.25) is 0 Å². The lowest BCUT2D eigenvalue weighted by Gasteiger charge is -2.13. The first-order chi connectivity index (χ1) is 12.0. The van der Waals surface area contributed by atoms with Crippen LogP contribution >= 0.6 is 34.2 Å². The fourth-order valence-corrected chi connectivity index (χ4v) is 2.97. The zero-order valence-electron chi connectivity index (χ0n) is 13.9. The summed E-state index contributed by atoms with van der Waals surface area (Å²) in [5.41, 5.74) is 1.83. The van der Waals surface area contributed by atoms with Crippen molar-refractivity contribution in [3.05, 3.63) is 62.2 Å². The van der Waals surface area contributed by atoms with E-state index in [2.05, 4.69) is 22.6 Å². The molecule has 0 aliphatic heterocycles. The van der Waals surface area contributed by atoms with E-state index in [4.69, 9.17) is 25.8 Å². The lowest BCUT2D eigenvalue weighted by molar-refractivity contribution is -0.137. The summed E-state index contributed by atoms with van der Waals surface area (Å²) in [6.45, 7) is 2.52. The maximum Gasteiger partial charge on any atom is 0.330 e. The maximum absolute atomic E-state index is 11.4. The molecule has 0 aliphatic carbocycles.